The molecule has 22 heavy (non-hydrogen) atoms. The zero-order chi connectivity index (χ0) is 16.3. The van der Waals surface area contributed by atoms with Gasteiger partial charge in [-0.25, -0.2) is 13.2 Å². The zero-order valence-electron chi connectivity index (χ0n) is 12.0. The second kappa shape index (κ2) is 6.07. The van der Waals surface area contributed by atoms with E-state index in [1.165, 1.54) is 25.3 Å². The summed E-state index contributed by atoms with van der Waals surface area (Å²) in [7, 11) is -2.48. The van der Waals surface area contributed by atoms with Crippen LogP contribution in [0.5, 0.6) is 5.75 Å². The summed E-state index contributed by atoms with van der Waals surface area (Å²) < 4.78 is 32.2. The third-order valence-electron chi connectivity index (χ3n) is 3.09. The van der Waals surface area contributed by atoms with Gasteiger partial charge in [0.25, 0.3) is 10.0 Å². The lowest BCUT2D eigenvalue weighted by molar-refractivity contribution is 0.0698. The Bertz CT molecular complexity index is 814. The number of aryl methyl sites for hydroxylation is 1. The lowest BCUT2D eigenvalue weighted by Gasteiger charge is -2.13. The van der Waals surface area contributed by atoms with Crippen LogP contribution in [-0.2, 0) is 10.0 Å². The van der Waals surface area contributed by atoms with E-state index in [1.807, 2.05) is 0 Å². The van der Waals surface area contributed by atoms with Gasteiger partial charge in [-0.2, -0.15) is 0 Å². The Labute approximate surface area is 128 Å². The number of carbonyl (C=O) groups is 1. The summed E-state index contributed by atoms with van der Waals surface area (Å²) in [5, 5.41) is 9.18. The average molecular weight is 321 g/mol. The third kappa shape index (κ3) is 3.20. The van der Waals surface area contributed by atoms with Crippen molar-refractivity contribution in [2.24, 2.45) is 0 Å². The first kappa shape index (κ1) is 15.8. The van der Waals surface area contributed by atoms with Gasteiger partial charge in [-0.3, -0.25) is 4.72 Å². The second-order valence-corrected chi connectivity index (χ2v) is 6.27. The second-order valence-electron chi connectivity index (χ2n) is 4.59. The number of hydrogen-bond acceptors (Lipinski definition) is 4. The Morgan fingerprint density at radius 2 is 1.86 bits per heavy atom. The molecule has 0 saturated carbocycles. The number of anilines is 1. The normalized spacial score (nSPS) is 11.0. The van der Waals surface area contributed by atoms with Crippen molar-refractivity contribution in [3.05, 3.63) is 53.6 Å². The molecule has 0 heterocycles. The predicted molar refractivity (Wildman–Crippen MR) is 81.9 cm³/mol. The fourth-order valence-corrected chi connectivity index (χ4v) is 3.13. The van der Waals surface area contributed by atoms with E-state index in [0.29, 0.717) is 11.3 Å². The average Bonchev–Trinajstić information content (AvgIpc) is 2.49. The molecule has 7 heteroatoms. The number of benzene rings is 2. The van der Waals surface area contributed by atoms with Gasteiger partial charge in [0.2, 0.25) is 0 Å². The van der Waals surface area contributed by atoms with E-state index in [2.05, 4.69) is 4.72 Å². The van der Waals surface area contributed by atoms with Gasteiger partial charge in [0, 0.05) is 6.07 Å². The molecule has 2 N–H and O–H groups in total. The number of aromatic carboxylic acids is 1. The van der Waals surface area contributed by atoms with Gasteiger partial charge in [0.15, 0.2) is 0 Å². The minimum Gasteiger partial charge on any atom is -0.497 e. The number of sulfonamides is 1. The first-order valence-electron chi connectivity index (χ1n) is 6.35. The number of hydrogen-bond donors (Lipinski definition) is 2. The summed E-state index contributed by atoms with van der Waals surface area (Å²) in [6.45, 7) is 1.63. The molecule has 2 rings (SSSR count). The molecule has 0 unspecified atom stereocenters. The summed E-state index contributed by atoms with van der Waals surface area (Å²) in [5.74, 6) is -0.807. The van der Waals surface area contributed by atoms with E-state index in [4.69, 9.17) is 4.74 Å². The molecule has 0 fully saturated rings. The summed E-state index contributed by atoms with van der Waals surface area (Å²) in [4.78, 5) is 11.2. The van der Waals surface area contributed by atoms with Crippen LogP contribution in [0.2, 0.25) is 0 Å². The molecule has 2 aromatic carbocycles. The van der Waals surface area contributed by atoms with E-state index >= 15 is 0 Å². The maximum Gasteiger partial charge on any atom is 0.337 e. The molecular weight excluding hydrogens is 306 g/mol. The Hall–Kier alpha value is -2.54. The largest absolute Gasteiger partial charge is 0.497 e. The highest BCUT2D eigenvalue weighted by Gasteiger charge is 2.20. The molecule has 0 atom stereocenters. The number of para-hydroxylation sites is 1. The van der Waals surface area contributed by atoms with Crippen molar-refractivity contribution in [3.63, 3.8) is 0 Å². The SMILES string of the molecule is COc1cccc(S(=O)(=O)Nc2c(C)cccc2C(=O)O)c1. The van der Waals surface area contributed by atoms with Gasteiger partial charge in [-0.05, 0) is 30.7 Å². The molecule has 0 saturated heterocycles. The summed E-state index contributed by atoms with van der Waals surface area (Å²) in [6.07, 6.45) is 0. The van der Waals surface area contributed by atoms with Crippen molar-refractivity contribution in [3.8, 4) is 5.75 Å². The van der Waals surface area contributed by atoms with Crippen LogP contribution in [0.3, 0.4) is 0 Å². The molecule has 0 radical (unpaired) electrons. The maximum absolute atomic E-state index is 12.4. The molecule has 0 aliphatic heterocycles. The Balaban J connectivity index is 2.47. The molecule has 0 amide bonds. The van der Waals surface area contributed by atoms with Crippen LogP contribution in [0.15, 0.2) is 47.4 Å². The topological polar surface area (TPSA) is 92.7 Å². The molecule has 0 aromatic heterocycles. The van der Waals surface area contributed by atoms with Crippen LogP contribution < -0.4 is 9.46 Å². The van der Waals surface area contributed by atoms with Gasteiger partial charge < -0.3 is 9.84 Å². The molecule has 116 valence electrons. The molecule has 0 spiro atoms. The molecular formula is C15H15NO5S. The minimum absolute atomic E-state index is 0.00792. The van der Waals surface area contributed by atoms with E-state index in [9.17, 15) is 18.3 Å². The number of rotatable bonds is 5. The summed E-state index contributed by atoms with van der Waals surface area (Å²) >= 11 is 0. The number of ether oxygens (including phenoxy) is 1. The number of carboxylic acids is 1. The number of carboxylic acid groups (broad SMARTS) is 1. The lowest BCUT2D eigenvalue weighted by atomic mass is 10.1. The van der Waals surface area contributed by atoms with E-state index in [0.717, 1.165) is 0 Å². The van der Waals surface area contributed by atoms with Gasteiger partial charge in [-0.15, -0.1) is 0 Å². The molecule has 2 aromatic rings. The third-order valence-corrected chi connectivity index (χ3v) is 4.44. The van der Waals surface area contributed by atoms with Gasteiger partial charge >= 0.3 is 5.97 Å². The predicted octanol–water partition coefficient (Wildman–Crippen LogP) is 2.50. The van der Waals surface area contributed by atoms with E-state index in [-0.39, 0.29) is 16.1 Å². The summed E-state index contributed by atoms with van der Waals surface area (Å²) in [6, 6.07) is 10.5. The number of nitrogens with one attached hydrogen (secondary N) is 1. The first-order chi connectivity index (χ1) is 10.3. The monoisotopic (exact) mass is 321 g/mol. The van der Waals surface area contributed by atoms with Crippen LogP contribution in [0, 0.1) is 6.92 Å². The van der Waals surface area contributed by atoms with Crippen LogP contribution in [0.4, 0.5) is 5.69 Å². The van der Waals surface area contributed by atoms with Crippen molar-refractivity contribution in [1.29, 1.82) is 0 Å². The van der Waals surface area contributed by atoms with Crippen molar-refractivity contribution < 1.29 is 23.1 Å². The Kier molecular flexibility index (Phi) is 4.37. The van der Waals surface area contributed by atoms with Crippen molar-refractivity contribution in [2.45, 2.75) is 11.8 Å². The Morgan fingerprint density at radius 3 is 2.50 bits per heavy atom. The standard InChI is InChI=1S/C15H15NO5S/c1-10-5-3-8-13(15(17)18)14(10)16-22(19,20)12-7-4-6-11(9-12)21-2/h3-9,16H,1-2H3,(H,17,18). The van der Waals surface area contributed by atoms with Crippen molar-refractivity contribution >= 4 is 21.7 Å². The minimum atomic E-state index is -3.92. The van der Waals surface area contributed by atoms with Crippen molar-refractivity contribution in [1.82, 2.24) is 0 Å². The van der Waals surface area contributed by atoms with Gasteiger partial charge in [0.1, 0.15) is 5.75 Å². The summed E-state index contributed by atoms with van der Waals surface area (Å²) in [5.41, 5.74) is 0.468. The van der Waals surface area contributed by atoms with Crippen LogP contribution >= 0.6 is 0 Å². The van der Waals surface area contributed by atoms with E-state index in [1.54, 1.807) is 31.2 Å². The quantitative estimate of drug-likeness (QED) is 0.882. The molecule has 6 nitrogen and oxygen atoms in total. The smallest absolute Gasteiger partial charge is 0.337 e. The molecule has 0 bridgehead atoms. The maximum atomic E-state index is 12.4. The molecule has 0 aliphatic carbocycles. The Morgan fingerprint density at radius 1 is 1.18 bits per heavy atom. The highest BCUT2D eigenvalue weighted by Crippen LogP contribution is 2.25. The first-order valence-corrected chi connectivity index (χ1v) is 7.83. The zero-order valence-corrected chi connectivity index (χ0v) is 12.8. The van der Waals surface area contributed by atoms with Gasteiger partial charge in [-0.1, -0.05) is 18.2 Å². The van der Waals surface area contributed by atoms with E-state index < -0.39 is 16.0 Å². The fourth-order valence-electron chi connectivity index (χ4n) is 1.94. The fraction of sp³-hybridized carbons (Fsp3) is 0.133. The van der Waals surface area contributed by atoms with Crippen molar-refractivity contribution in [2.75, 3.05) is 11.8 Å². The number of methoxy groups -OCH3 is 1. The highest BCUT2D eigenvalue weighted by atomic mass is 32.2. The van der Waals surface area contributed by atoms with Gasteiger partial charge in [0.05, 0.1) is 23.3 Å². The van der Waals surface area contributed by atoms with Crippen LogP contribution in [0.1, 0.15) is 15.9 Å². The molecule has 0 aliphatic rings. The highest BCUT2D eigenvalue weighted by molar-refractivity contribution is 7.92. The lowest BCUT2D eigenvalue weighted by Crippen LogP contribution is -2.16. The van der Waals surface area contributed by atoms with Crippen LogP contribution in [-0.4, -0.2) is 26.6 Å². The van der Waals surface area contributed by atoms with Crippen LogP contribution in [0.25, 0.3) is 0 Å².